The van der Waals surface area contributed by atoms with Gasteiger partial charge >= 0.3 is 5.97 Å². The number of carbonyl (C=O) groups excluding carboxylic acids is 2. The maximum Gasteiger partial charge on any atom is 0.342 e. The van der Waals surface area contributed by atoms with E-state index >= 15 is 0 Å². The second-order valence-electron chi connectivity index (χ2n) is 5.99. The summed E-state index contributed by atoms with van der Waals surface area (Å²) in [7, 11) is 0. The Morgan fingerprint density at radius 1 is 1.08 bits per heavy atom. The minimum atomic E-state index is -0.738. The molecule has 0 saturated carbocycles. The van der Waals surface area contributed by atoms with Crippen LogP contribution >= 0.6 is 0 Å². The smallest absolute Gasteiger partial charge is 0.342 e. The van der Waals surface area contributed by atoms with Crippen molar-refractivity contribution < 1.29 is 34.8 Å². The van der Waals surface area contributed by atoms with E-state index in [0.29, 0.717) is 11.1 Å². The van der Waals surface area contributed by atoms with Gasteiger partial charge in [-0.05, 0) is 30.2 Å². The Kier molecular flexibility index (Phi) is 4.00. The Bertz CT molecular complexity index is 885. The van der Waals surface area contributed by atoms with Gasteiger partial charge in [0, 0.05) is 25.0 Å². The number of fused-ring (bicyclic) bond motifs is 1. The van der Waals surface area contributed by atoms with Crippen LogP contribution in [-0.4, -0.2) is 38.3 Å². The van der Waals surface area contributed by atoms with Crippen LogP contribution in [-0.2, 0) is 17.6 Å². The van der Waals surface area contributed by atoms with E-state index in [4.69, 9.17) is 4.74 Å². The summed E-state index contributed by atoms with van der Waals surface area (Å²) in [6, 6.07) is 4.83. The van der Waals surface area contributed by atoms with E-state index < -0.39 is 12.1 Å². The number of aromatic hydroxyl groups is 4. The molecule has 0 radical (unpaired) electrons. The summed E-state index contributed by atoms with van der Waals surface area (Å²) >= 11 is 0. The van der Waals surface area contributed by atoms with Crippen LogP contribution in [0.15, 0.2) is 24.3 Å². The number of phenols is 4. The first kappa shape index (κ1) is 16.6. The van der Waals surface area contributed by atoms with Crippen molar-refractivity contribution in [2.24, 2.45) is 0 Å². The number of phenolic OH excluding ortho intramolecular Hbond substituents is 4. The zero-order valence-electron chi connectivity index (χ0n) is 13.3. The van der Waals surface area contributed by atoms with E-state index in [0.717, 1.165) is 12.1 Å². The highest BCUT2D eigenvalue weighted by atomic mass is 16.5. The van der Waals surface area contributed by atoms with Gasteiger partial charge in [0.1, 0.15) is 34.7 Å². The lowest BCUT2D eigenvalue weighted by molar-refractivity contribution is 0.0255. The van der Waals surface area contributed by atoms with Crippen molar-refractivity contribution in [3.05, 3.63) is 46.5 Å². The van der Waals surface area contributed by atoms with E-state index in [1.165, 1.54) is 19.1 Å². The second-order valence-corrected chi connectivity index (χ2v) is 5.99. The third-order valence-electron chi connectivity index (χ3n) is 4.09. The molecule has 2 aromatic rings. The van der Waals surface area contributed by atoms with E-state index in [2.05, 4.69) is 0 Å². The number of Topliss-reactive ketones (excluding diaryl/α,β-unsaturated/α-hetero) is 1. The summed E-state index contributed by atoms with van der Waals surface area (Å²) in [6.07, 6.45) is -0.393. The number of carbonyl (C=O) groups is 2. The van der Waals surface area contributed by atoms with Crippen molar-refractivity contribution in [1.29, 1.82) is 0 Å². The molecule has 7 heteroatoms. The monoisotopic (exact) mass is 344 g/mol. The number of rotatable bonds is 3. The van der Waals surface area contributed by atoms with Crippen molar-refractivity contribution >= 4 is 11.8 Å². The van der Waals surface area contributed by atoms with Gasteiger partial charge in [-0.25, -0.2) is 4.79 Å². The SMILES string of the molecule is CC(=O)c1c(O)cc(O)cc1CC1Cc2cc(O)cc(O)c2C(=O)O1. The van der Waals surface area contributed by atoms with E-state index in [1.54, 1.807) is 0 Å². The van der Waals surface area contributed by atoms with E-state index in [1.807, 2.05) is 0 Å². The van der Waals surface area contributed by atoms with Crippen LogP contribution in [0.5, 0.6) is 23.0 Å². The van der Waals surface area contributed by atoms with E-state index in [9.17, 15) is 30.0 Å². The minimum Gasteiger partial charge on any atom is -0.508 e. The van der Waals surface area contributed by atoms with Crippen molar-refractivity contribution in [3.8, 4) is 23.0 Å². The lowest BCUT2D eigenvalue weighted by Gasteiger charge is -2.26. The molecule has 0 aliphatic carbocycles. The maximum absolute atomic E-state index is 12.1. The van der Waals surface area contributed by atoms with Gasteiger partial charge in [-0.2, -0.15) is 0 Å². The van der Waals surface area contributed by atoms with Gasteiger partial charge in [0.15, 0.2) is 5.78 Å². The molecule has 130 valence electrons. The molecule has 2 aromatic carbocycles. The van der Waals surface area contributed by atoms with Gasteiger partial charge < -0.3 is 25.2 Å². The summed E-state index contributed by atoms with van der Waals surface area (Å²) in [5, 5.41) is 39.0. The Balaban J connectivity index is 1.96. The first-order valence-corrected chi connectivity index (χ1v) is 7.58. The number of ether oxygens (including phenoxy) is 1. The number of ketones is 1. The van der Waals surface area contributed by atoms with Gasteiger partial charge in [-0.3, -0.25) is 4.79 Å². The molecular formula is C18H16O7. The number of esters is 1. The highest BCUT2D eigenvalue weighted by molar-refractivity contribution is 5.98. The van der Waals surface area contributed by atoms with Crippen LogP contribution in [0.3, 0.4) is 0 Å². The van der Waals surface area contributed by atoms with Crippen LogP contribution < -0.4 is 0 Å². The lowest BCUT2D eigenvalue weighted by Crippen LogP contribution is -2.30. The minimum absolute atomic E-state index is 0.000373. The molecule has 0 bridgehead atoms. The molecule has 25 heavy (non-hydrogen) atoms. The molecule has 1 heterocycles. The van der Waals surface area contributed by atoms with Crippen LogP contribution in [0.25, 0.3) is 0 Å². The Morgan fingerprint density at radius 2 is 1.72 bits per heavy atom. The quantitative estimate of drug-likeness (QED) is 0.496. The fourth-order valence-corrected chi connectivity index (χ4v) is 3.16. The van der Waals surface area contributed by atoms with Crippen molar-refractivity contribution in [2.75, 3.05) is 0 Å². The largest absolute Gasteiger partial charge is 0.508 e. The molecule has 0 aromatic heterocycles. The van der Waals surface area contributed by atoms with Crippen LogP contribution in [0.4, 0.5) is 0 Å². The second kappa shape index (κ2) is 6.01. The summed E-state index contributed by atoms with van der Waals surface area (Å²) in [4.78, 5) is 23.9. The summed E-state index contributed by atoms with van der Waals surface area (Å²) in [5.41, 5.74) is 0.820. The molecule has 1 aliphatic rings. The van der Waals surface area contributed by atoms with Gasteiger partial charge in [-0.1, -0.05) is 0 Å². The Morgan fingerprint density at radius 3 is 2.40 bits per heavy atom. The molecule has 0 spiro atoms. The molecule has 4 N–H and O–H groups in total. The number of cyclic esters (lactones) is 1. The molecule has 7 nitrogen and oxygen atoms in total. The van der Waals surface area contributed by atoms with Crippen LogP contribution in [0, 0.1) is 0 Å². The lowest BCUT2D eigenvalue weighted by atomic mass is 9.91. The first-order chi connectivity index (χ1) is 11.8. The van der Waals surface area contributed by atoms with Gasteiger partial charge in [-0.15, -0.1) is 0 Å². The fourth-order valence-electron chi connectivity index (χ4n) is 3.16. The normalized spacial score (nSPS) is 16.2. The third-order valence-corrected chi connectivity index (χ3v) is 4.09. The molecule has 0 fully saturated rings. The standard InChI is InChI=1S/C18H16O7/c1-8(19)16-9(2-11(20)6-14(16)22)4-13-5-10-3-12(21)7-15(23)17(10)18(24)25-13/h2-3,6-7,13,20-23H,4-5H2,1H3. The third kappa shape index (κ3) is 3.08. The zero-order chi connectivity index (χ0) is 18.3. The number of hydrogen-bond donors (Lipinski definition) is 4. The molecule has 1 atom stereocenters. The molecular weight excluding hydrogens is 328 g/mol. The number of benzene rings is 2. The van der Waals surface area contributed by atoms with Crippen molar-refractivity contribution in [1.82, 2.24) is 0 Å². The predicted octanol–water partition coefficient (Wildman–Crippen LogP) is 2.04. The topological polar surface area (TPSA) is 124 Å². The van der Waals surface area contributed by atoms with Gasteiger partial charge in [0.05, 0.1) is 5.56 Å². The Hall–Kier alpha value is -3.22. The number of hydrogen-bond acceptors (Lipinski definition) is 7. The molecule has 0 amide bonds. The summed E-state index contributed by atoms with van der Waals surface area (Å²) < 4.78 is 5.30. The van der Waals surface area contributed by atoms with Crippen molar-refractivity contribution in [2.45, 2.75) is 25.9 Å². The van der Waals surface area contributed by atoms with Gasteiger partial charge in [0.25, 0.3) is 0 Å². The molecule has 3 rings (SSSR count). The molecule has 0 saturated heterocycles. The van der Waals surface area contributed by atoms with Crippen molar-refractivity contribution in [3.63, 3.8) is 0 Å². The highest BCUT2D eigenvalue weighted by Crippen LogP contribution is 2.35. The first-order valence-electron chi connectivity index (χ1n) is 7.58. The zero-order valence-corrected chi connectivity index (χ0v) is 13.3. The predicted molar refractivity (Wildman–Crippen MR) is 86.2 cm³/mol. The van der Waals surface area contributed by atoms with Gasteiger partial charge in [0.2, 0.25) is 0 Å². The van der Waals surface area contributed by atoms with Crippen LogP contribution in [0.2, 0.25) is 0 Å². The average molecular weight is 344 g/mol. The molecule has 1 aliphatic heterocycles. The highest BCUT2D eigenvalue weighted by Gasteiger charge is 2.31. The summed E-state index contributed by atoms with van der Waals surface area (Å²) in [5.74, 6) is -2.22. The fraction of sp³-hybridized carbons (Fsp3) is 0.222. The molecule has 1 unspecified atom stereocenters. The van der Waals surface area contributed by atoms with Crippen LogP contribution in [0.1, 0.15) is 38.8 Å². The summed E-state index contributed by atoms with van der Waals surface area (Å²) in [6.45, 7) is 1.29. The Labute approximate surface area is 142 Å². The van der Waals surface area contributed by atoms with E-state index in [-0.39, 0.29) is 52.7 Å². The average Bonchev–Trinajstić information content (AvgIpc) is 2.44. The maximum atomic E-state index is 12.1.